The third kappa shape index (κ3) is 7.65. The fourth-order valence-corrected chi connectivity index (χ4v) is 3.29. The van der Waals surface area contributed by atoms with E-state index in [2.05, 4.69) is 20.7 Å². The van der Waals surface area contributed by atoms with Crippen molar-refractivity contribution < 1.29 is 23.8 Å². The van der Waals surface area contributed by atoms with E-state index in [1.165, 1.54) is 10.9 Å². The van der Waals surface area contributed by atoms with Gasteiger partial charge in [0.25, 0.3) is 0 Å². The third-order valence-electron chi connectivity index (χ3n) is 4.82. The number of carboxylic acids is 1. The summed E-state index contributed by atoms with van der Waals surface area (Å²) < 4.78 is 19.9. The average molecular weight is 470 g/mol. The third-order valence-corrected chi connectivity index (χ3v) is 4.82. The summed E-state index contributed by atoms with van der Waals surface area (Å²) in [5.41, 5.74) is 1.44. The van der Waals surface area contributed by atoms with E-state index in [1.807, 2.05) is 30.3 Å². The molecule has 0 saturated heterocycles. The number of rotatable bonds is 9. The molecule has 0 bridgehead atoms. The van der Waals surface area contributed by atoms with Crippen molar-refractivity contribution in [2.45, 2.75) is 58.2 Å². The smallest absolute Gasteiger partial charge is 0.407 e. The maximum atomic E-state index is 14.7. The van der Waals surface area contributed by atoms with Gasteiger partial charge in [-0.1, -0.05) is 42.5 Å². The Hall–Kier alpha value is -3.82. The van der Waals surface area contributed by atoms with Crippen LogP contribution in [-0.2, 0) is 28.9 Å². The number of ether oxygens (including phenoxy) is 1. The zero-order valence-corrected chi connectivity index (χ0v) is 19.4. The van der Waals surface area contributed by atoms with Gasteiger partial charge in [-0.2, -0.15) is 4.80 Å². The zero-order valence-electron chi connectivity index (χ0n) is 19.4. The second-order valence-corrected chi connectivity index (χ2v) is 8.90. The number of hydrogen-bond donors (Lipinski definition) is 2. The van der Waals surface area contributed by atoms with Gasteiger partial charge in [0.15, 0.2) is 0 Å². The van der Waals surface area contributed by atoms with Crippen LogP contribution >= 0.6 is 0 Å². The molecule has 0 aliphatic heterocycles. The summed E-state index contributed by atoms with van der Waals surface area (Å²) in [6.07, 6.45) is 0.179. The van der Waals surface area contributed by atoms with Gasteiger partial charge in [-0.3, -0.25) is 4.79 Å². The van der Waals surface area contributed by atoms with Crippen molar-refractivity contribution >= 4 is 12.1 Å². The van der Waals surface area contributed by atoms with Crippen LogP contribution in [0.3, 0.4) is 0 Å². The Morgan fingerprint density at radius 2 is 1.88 bits per heavy atom. The number of carbonyl (C=O) groups is 2. The summed E-state index contributed by atoms with van der Waals surface area (Å²) in [5, 5.41) is 23.8. The molecule has 3 aromatic rings. The van der Waals surface area contributed by atoms with Gasteiger partial charge >= 0.3 is 12.1 Å². The molecule has 0 saturated carbocycles. The SMILES string of the molecule is CC(C)(C)OC(=O)NC(CC(=O)O)Cn1nnc(-c2ccc(CCc3ccccc3)c(F)c2)n1. The van der Waals surface area contributed by atoms with Crippen LogP contribution in [-0.4, -0.2) is 49.0 Å². The summed E-state index contributed by atoms with van der Waals surface area (Å²) in [6.45, 7) is 5.07. The van der Waals surface area contributed by atoms with E-state index in [9.17, 15) is 14.0 Å². The minimum absolute atomic E-state index is 0.0455. The van der Waals surface area contributed by atoms with E-state index in [1.54, 1.807) is 32.9 Å². The molecule has 0 fully saturated rings. The number of carboxylic acid groups (broad SMARTS) is 1. The van der Waals surface area contributed by atoms with Crippen molar-refractivity contribution in [1.82, 2.24) is 25.5 Å². The van der Waals surface area contributed by atoms with E-state index >= 15 is 0 Å². The van der Waals surface area contributed by atoms with Crippen LogP contribution in [0.15, 0.2) is 48.5 Å². The first-order valence-electron chi connectivity index (χ1n) is 10.9. The van der Waals surface area contributed by atoms with Crippen LogP contribution < -0.4 is 5.32 Å². The van der Waals surface area contributed by atoms with Crippen LogP contribution in [0.4, 0.5) is 9.18 Å². The maximum Gasteiger partial charge on any atom is 0.407 e. The molecule has 2 aromatic carbocycles. The standard InChI is InChI=1S/C24H28FN5O4/c1-24(2,3)34-23(33)26-19(14-21(31)32)15-30-28-22(27-29-30)18-12-11-17(20(25)13-18)10-9-16-7-5-4-6-8-16/h4-8,11-13,19H,9-10,14-15H2,1-3H3,(H,26,33)(H,31,32). The van der Waals surface area contributed by atoms with Crippen molar-refractivity contribution in [2.24, 2.45) is 0 Å². The van der Waals surface area contributed by atoms with E-state index in [-0.39, 0.29) is 24.6 Å². The number of nitrogens with one attached hydrogen (secondary N) is 1. The predicted octanol–water partition coefficient (Wildman–Crippen LogP) is 3.63. The molecule has 0 spiro atoms. The summed E-state index contributed by atoms with van der Waals surface area (Å²) in [4.78, 5) is 24.4. The zero-order chi connectivity index (χ0) is 24.7. The van der Waals surface area contributed by atoms with Gasteiger partial charge in [0.05, 0.1) is 19.0 Å². The fraction of sp³-hybridized carbons (Fsp3) is 0.375. The molecule has 1 unspecified atom stereocenters. The molecule has 10 heteroatoms. The average Bonchev–Trinajstić information content (AvgIpc) is 3.20. The van der Waals surface area contributed by atoms with E-state index < -0.39 is 23.7 Å². The second kappa shape index (κ2) is 10.9. The molecule has 3 rings (SSSR count). The minimum Gasteiger partial charge on any atom is -0.481 e. The minimum atomic E-state index is -1.10. The molecule has 9 nitrogen and oxygen atoms in total. The number of benzene rings is 2. The number of nitrogens with zero attached hydrogens (tertiary/aromatic N) is 4. The Kier molecular flexibility index (Phi) is 7.93. The van der Waals surface area contributed by atoms with E-state index in [4.69, 9.17) is 9.84 Å². The lowest BCUT2D eigenvalue weighted by atomic mass is 10.0. The van der Waals surface area contributed by atoms with Gasteiger partial charge in [-0.25, -0.2) is 9.18 Å². The molecule has 180 valence electrons. The number of amides is 1. The number of aliphatic carboxylic acids is 1. The topological polar surface area (TPSA) is 119 Å². The number of tetrazole rings is 1. The van der Waals surface area contributed by atoms with Crippen LogP contribution in [0.25, 0.3) is 11.4 Å². The Bertz CT molecular complexity index is 1130. The van der Waals surface area contributed by atoms with Crippen LogP contribution in [0, 0.1) is 5.82 Å². The summed E-state index contributed by atoms with van der Waals surface area (Å²) in [6, 6.07) is 13.8. The van der Waals surface area contributed by atoms with Crippen molar-refractivity contribution in [2.75, 3.05) is 0 Å². The normalized spacial score (nSPS) is 12.2. The van der Waals surface area contributed by atoms with Gasteiger partial charge in [0.2, 0.25) is 5.82 Å². The monoisotopic (exact) mass is 469 g/mol. The summed E-state index contributed by atoms with van der Waals surface area (Å²) in [7, 11) is 0. The molecule has 2 N–H and O–H groups in total. The molecular formula is C24H28FN5O4. The molecule has 1 aromatic heterocycles. The van der Waals surface area contributed by atoms with Crippen molar-refractivity contribution in [1.29, 1.82) is 0 Å². The lowest BCUT2D eigenvalue weighted by Crippen LogP contribution is -2.42. The van der Waals surface area contributed by atoms with Gasteiger partial charge in [0.1, 0.15) is 11.4 Å². The highest BCUT2D eigenvalue weighted by Crippen LogP contribution is 2.19. The number of aryl methyl sites for hydroxylation is 2. The Balaban J connectivity index is 1.66. The van der Waals surface area contributed by atoms with Crippen LogP contribution in [0.2, 0.25) is 0 Å². The predicted molar refractivity (Wildman–Crippen MR) is 122 cm³/mol. The van der Waals surface area contributed by atoms with Crippen LogP contribution in [0.5, 0.6) is 0 Å². The van der Waals surface area contributed by atoms with E-state index in [0.717, 1.165) is 12.0 Å². The van der Waals surface area contributed by atoms with Crippen LogP contribution in [0.1, 0.15) is 38.3 Å². The van der Waals surface area contributed by atoms with Crippen molar-refractivity contribution in [3.8, 4) is 11.4 Å². The number of hydrogen-bond acceptors (Lipinski definition) is 6. The lowest BCUT2D eigenvalue weighted by molar-refractivity contribution is -0.137. The molecule has 0 aliphatic carbocycles. The lowest BCUT2D eigenvalue weighted by Gasteiger charge is -2.22. The summed E-state index contributed by atoms with van der Waals surface area (Å²) >= 11 is 0. The highest BCUT2D eigenvalue weighted by atomic mass is 19.1. The first-order chi connectivity index (χ1) is 16.1. The fourth-order valence-electron chi connectivity index (χ4n) is 3.29. The highest BCUT2D eigenvalue weighted by Gasteiger charge is 2.22. The summed E-state index contributed by atoms with van der Waals surface area (Å²) in [5.74, 6) is -1.27. The van der Waals surface area contributed by atoms with Gasteiger partial charge in [-0.15, -0.1) is 10.2 Å². The van der Waals surface area contributed by atoms with Gasteiger partial charge < -0.3 is 15.2 Å². The molecule has 34 heavy (non-hydrogen) atoms. The molecule has 0 aliphatic rings. The first kappa shape index (κ1) is 24.8. The van der Waals surface area contributed by atoms with Crippen molar-refractivity contribution in [3.05, 3.63) is 65.5 Å². The number of aromatic nitrogens is 4. The molecule has 1 heterocycles. The quantitative estimate of drug-likeness (QED) is 0.491. The second-order valence-electron chi connectivity index (χ2n) is 8.90. The first-order valence-corrected chi connectivity index (χ1v) is 10.9. The number of carbonyl (C=O) groups excluding carboxylic acids is 1. The Morgan fingerprint density at radius 1 is 1.15 bits per heavy atom. The largest absolute Gasteiger partial charge is 0.481 e. The van der Waals surface area contributed by atoms with E-state index in [0.29, 0.717) is 17.5 Å². The molecule has 0 radical (unpaired) electrons. The Morgan fingerprint density at radius 3 is 2.53 bits per heavy atom. The molecule has 1 atom stereocenters. The molecule has 1 amide bonds. The van der Waals surface area contributed by atoms with Crippen molar-refractivity contribution in [3.63, 3.8) is 0 Å². The maximum absolute atomic E-state index is 14.7. The highest BCUT2D eigenvalue weighted by molar-refractivity contribution is 5.71. The Labute approximate surface area is 196 Å². The van der Waals surface area contributed by atoms with Gasteiger partial charge in [0, 0.05) is 5.56 Å². The number of halogens is 1. The van der Waals surface area contributed by atoms with Gasteiger partial charge in [-0.05, 0) is 56.0 Å². The number of alkyl carbamates (subject to hydrolysis) is 1. The molecular weight excluding hydrogens is 441 g/mol.